The summed E-state index contributed by atoms with van der Waals surface area (Å²) in [6.07, 6.45) is 3.68. The zero-order valence-corrected chi connectivity index (χ0v) is 26.5. The fourth-order valence-corrected chi connectivity index (χ4v) is 7.35. The number of halogens is 1. The molecule has 6 rings (SSSR count). The summed E-state index contributed by atoms with van der Waals surface area (Å²) in [5.41, 5.74) is 2.38. The van der Waals surface area contributed by atoms with Gasteiger partial charge in [-0.05, 0) is 66.4 Å². The molecule has 3 heterocycles. The van der Waals surface area contributed by atoms with Gasteiger partial charge in [0.15, 0.2) is 4.34 Å². The molecule has 45 heavy (non-hydrogen) atoms. The molecular formula is C34H32FN3O5S2. The normalized spacial score (nSPS) is 18.7. The summed E-state index contributed by atoms with van der Waals surface area (Å²) in [5, 5.41) is 20.3. The van der Waals surface area contributed by atoms with E-state index in [0.717, 1.165) is 41.9 Å². The molecule has 2 aliphatic rings. The first-order valence-electron chi connectivity index (χ1n) is 14.9. The zero-order chi connectivity index (χ0) is 31.5. The number of aliphatic hydroxyl groups excluding tert-OH is 1. The number of benzene rings is 3. The van der Waals surface area contributed by atoms with Crippen molar-refractivity contribution in [1.29, 1.82) is 0 Å². The first-order valence-corrected chi connectivity index (χ1v) is 16.7. The van der Waals surface area contributed by atoms with Gasteiger partial charge in [0.2, 0.25) is 5.13 Å². The van der Waals surface area contributed by atoms with Crippen molar-refractivity contribution in [3.05, 3.63) is 100 Å². The van der Waals surface area contributed by atoms with Gasteiger partial charge in [0.25, 0.3) is 5.78 Å². The number of aliphatic hydroxyl groups is 1. The lowest BCUT2D eigenvalue weighted by Gasteiger charge is -2.23. The van der Waals surface area contributed by atoms with Gasteiger partial charge in [0, 0.05) is 17.7 Å². The first-order chi connectivity index (χ1) is 21.8. The standard InChI is InChI=1S/C34H32FN3O5S2/c1-3-4-7-15-42-25-11-8-10-21(18-25)29-28(30(39)22-13-14-27-24(17-22)16-20(2)43-27)31(40)32(41)38(29)33-36-37-34(45-33)44-19-23-9-5-6-12-26(23)35/h5-6,8-14,17-18,20,29,39H,3-4,7,15-16,19H2,1-2H3/b30-28+/t20-,29+/m0/s1. The summed E-state index contributed by atoms with van der Waals surface area (Å²) in [5.74, 6) is -0.597. The maximum absolute atomic E-state index is 14.2. The highest BCUT2D eigenvalue weighted by Gasteiger charge is 2.48. The number of Topliss-reactive ketones (excluding diaryl/α,β-unsaturated/α-hetero) is 1. The van der Waals surface area contributed by atoms with E-state index in [0.29, 0.717) is 45.6 Å². The molecule has 2 aliphatic heterocycles. The quantitative estimate of drug-likeness (QED) is 0.0447. The second-order valence-corrected chi connectivity index (χ2v) is 13.2. The number of ketones is 1. The van der Waals surface area contributed by atoms with E-state index in [1.54, 1.807) is 54.6 Å². The molecule has 0 aliphatic carbocycles. The van der Waals surface area contributed by atoms with E-state index in [1.807, 2.05) is 13.0 Å². The van der Waals surface area contributed by atoms with Crippen LogP contribution in [0, 0.1) is 5.82 Å². The first kappa shape index (κ1) is 30.8. The van der Waals surface area contributed by atoms with Crippen molar-refractivity contribution in [3.8, 4) is 11.5 Å². The van der Waals surface area contributed by atoms with Gasteiger partial charge in [-0.3, -0.25) is 14.5 Å². The van der Waals surface area contributed by atoms with E-state index in [4.69, 9.17) is 9.47 Å². The fraction of sp³-hybridized carbons (Fsp3) is 0.294. The lowest BCUT2D eigenvalue weighted by Crippen LogP contribution is -2.29. The largest absolute Gasteiger partial charge is 0.507 e. The number of hydrogen-bond donors (Lipinski definition) is 1. The Bertz CT molecular complexity index is 1770. The highest BCUT2D eigenvalue weighted by molar-refractivity contribution is 8.00. The molecule has 0 spiro atoms. The SMILES string of the molecule is CCCCCOc1cccc([C@@H]2/C(=C(\O)c3ccc4c(c3)C[C@H](C)O4)C(=O)C(=O)N2c2nnc(SCc3ccccc3F)s2)c1. The Morgan fingerprint density at radius 1 is 1.11 bits per heavy atom. The average molecular weight is 646 g/mol. The van der Waals surface area contributed by atoms with Crippen molar-refractivity contribution < 1.29 is 28.6 Å². The fourth-order valence-electron chi connectivity index (χ4n) is 5.50. The Kier molecular flexibility index (Phi) is 9.18. The van der Waals surface area contributed by atoms with E-state index in [9.17, 15) is 19.1 Å². The lowest BCUT2D eigenvalue weighted by atomic mass is 9.94. The number of thioether (sulfide) groups is 1. The van der Waals surface area contributed by atoms with Gasteiger partial charge < -0.3 is 14.6 Å². The van der Waals surface area contributed by atoms with Crippen LogP contribution in [0.1, 0.15) is 61.4 Å². The Labute approximate surface area is 268 Å². The summed E-state index contributed by atoms with van der Waals surface area (Å²) in [6.45, 7) is 4.62. The number of amides is 1. The molecular weight excluding hydrogens is 614 g/mol. The number of rotatable bonds is 11. The lowest BCUT2D eigenvalue weighted by molar-refractivity contribution is -0.132. The molecule has 8 nitrogen and oxygen atoms in total. The van der Waals surface area contributed by atoms with Crippen LogP contribution in [0.15, 0.2) is 76.6 Å². The van der Waals surface area contributed by atoms with Crippen molar-refractivity contribution in [2.75, 3.05) is 11.5 Å². The molecule has 1 fully saturated rings. The highest BCUT2D eigenvalue weighted by Crippen LogP contribution is 2.45. The van der Waals surface area contributed by atoms with Gasteiger partial charge in [-0.25, -0.2) is 4.39 Å². The number of anilines is 1. The Morgan fingerprint density at radius 2 is 1.96 bits per heavy atom. The molecule has 232 valence electrons. The Hall–Kier alpha value is -4.22. The third-order valence-corrected chi connectivity index (χ3v) is 9.82. The third kappa shape index (κ3) is 6.46. The number of hydrogen-bond acceptors (Lipinski definition) is 9. The van der Waals surface area contributed by atoms with Crippen LogP contribution >= 0.6 is 23.1 Å². The van der Waals surface area contributed by atoms with Gasteiger partial charge in [-0.2, -0.15) is 0 Å². The van der Waals surface area contributed by atoms with E-state index in [1.165, 1.54) is 22.7 Å². The van der Waals surface area contributed by atoms with Gasteiger partial charge in [0.05, 0.1) is 18.2 Å². The molecule has 0 saturated carbocycles. The molecule has 0 bridgehead atoms. The Morgan fingerprint density at radius 3 is 2.78 bits per heavy atom. The van der Waals surface area contributed by atoms with Gasteiger partial charge in [0.1, 0.15) is 29.2 Å². The minimum Gasteiger partial charge on any atom is -0.507 e. The number of nitrogens with zero attached hydrogens (tertiary/aromatic N) is 3. The van der Waals surface area contributed by atoms with E-state index in [2.05, 4.69) is 17.1 Å². The molecule has 2 atom stereocenters. The molecule has 0 radical (unpaired) electrons. The van der Waals surface area contributed by atoms with Gasteiger partial charge in [-0.15, -0.1) is 10.2 Å². The van der Waals surface area contributed by atoms with Crippen LogP contribution in [0.2, 0.25) is 0 Å². The summed E-state index contributed by atoms with van der Waals surface area (Å²) in [6, 6.07) is 18.0. The van der Waals surface area contributed by atoms with Crippen LogP contribution in [-0.4, -0.2) is 39.7 Å². The smallest absolute Gasteiger partial charge is 0.301 e. The Balaban J connectivity index is 1.38. The molecule has 3 aromatic carbocycles. The third-order valence-electron chi connectivity index (χ3n) is 7.72. The number of unbranched alkanes of at least 4 members (excludes halogenated alkanes) is 2. The molecule has 0 unspecified atom stereocenters. The highest BCUT2D eigenvalue weighted by atomic mass is 32.2. The molecule has 1 amide bonds. The maximum atomic E-state index is 14.2. The van der Waals surface area contributed by atoms with Gasteiger partial charge in [-0.1, -0.05) is 73.2 Å². The van der Waals surface area contributed by atoms with Gasteiger partial charge >= 0.3 is 5.91 Å². The minimum absolute atomic E-state index is 0.00546. The predicted molar refractivity (Wildman–Crippen MR) is 172 cm³/mol. The van der Waals surface area contributed by atoms with Crippen LogP contribution in [0.3, 0.4) is 0 Å². The number of carbonyl (C=O) groups excluding carboxylic acids is 2. The van der Waals surface area contributed by atoms with Crippen LogP contribution in [-0.2, 0) is 21.8 Å². The zero-order valence-electron chi connectivity index (χ0n) is 24.9. The molecule has 1 aromatic heterocycles. The monoisotopic (exact) mass is 645 g/mol. The molecule has 4 aromatic rings. The summed E-state index contributed by atoms with van der Waals surface area (Å²) in [4.78, 5) is 28.7. The number of ether oxygens (including phenoxy) is 2. The topological polar surface area (TPSA) is 102 Å². The predicted octanol–water partition coefficient (Wildman–Crippen LogP) is 7.49. The van der Waals surface area contributed by atoms with Crippen LogP contribution in [0.25, 0.3) is 5.76 Å². The molecule has 1 saturated heterocycles. The summed E-state index contributed by atoms with van der Waals surface area (Å²) in [7, 11) is 0. The van der Waals surface area contributed by atoms with Crippen molar-refractivity contribution in [2.24, 2.45) is 0 Å². The number of fused-ring (bicyclic) bond motifs is 1. The van der Waals surface area contributed by atoms with Crippen molar-refractivity contribution in [1.82, 2.24) is 10.2 Å². The second-order valence-electron chi connectivity index (χ2n) is 11.0. The van der Waals surface area contributed by atoms with Crippen LogP contribution in [0.5, 0.6) is 11.5 Å². The van der Waals surface area contributed by atoms with E-state index < -0.39 is 17.7 Å². The van der Waals surface area contributed by atoms with Crippen molar-refractivity contribution in [2.45, 2.75) is 61.8 Å². The minimum atomic E-state index is -0.981. The summed E-state index contributed by atoms with van der Waals surface area (Å²) >= 11 is 2.41. The van der Waals surface area contributed by atoms with Crippen LogP contribution in [0.4, 0.5) is 9.52 Å². The van der Waals surface area contributed by atoms with Crippen LogP contribution < -0.4 is 14.4 Å². The van der Waals surface area contributed by atoms with Crippen molar-refractivity contribution in [3.63, 3.8) is 0 Å². The molecule has 1 N–H and O–H groups in total. The number of carbonyl (C=O) groups is 2. The molecule has 11 heteroatoms. The average Bonchev–Trinajstić information content (AvgIpc) is 3.73. The van der Waals surface area contributed by atoms with E-state index >= 15 is 0 Å². The van der Waals surface area contributed by atoms with E-state index in [-0.39, 0.29) is 28.4 Å². The van der Waals surface area contributed by atoms with Crippen molar-refractivity contribution >= 4 is 45.7 Å². The second kappa shape index (κ2) is 13.4. The summed E-state index contributed by atoms with van der Waals surface area (Å²) < 4.78 is 26.5. The maximum Gasteiger partial charge on any atom is 0.301 e. The number of aromatic nitrogens is 2.